The Bertz CT molecular complexity index is 567. The van der Waals surface area contributed by atoms with Crippen molar-refractivity contribution in [2.75, 3.05) is 26.8 Å². The number of hydrogen-bond donors (Lipinski definition) is 1. The molecule has 1 aliphatic rings. The molecular weight excluding hydrogens is 351 g/mol. The number of nitrogens with zero attached hydrogens (tertiary/aromatic N) is 1. The van der Waals surface area contributed by atoms with Gasteiger partial charge in [0.05, 0.1) is 18.7 Å². The number of ether oxygens (including phenoxy) is 2. The summed E-state index contributed by atoms with van der Waals surface area (Å²) in [5.41, 5.74) is 6.51. The van der Waals surface area contributed by atoms with E-state index >= 15 is 0 Å². The van der Waals surface area contributed by atoms with E-state index in [1.54, 1.807) is 12.1 Å². The molecule has 136 valence electrons. The molecule has 2 unspecified atom stereocenters. The van der Waals surface area contributed by atoms with Crippen LogP contribution < -0.4 is 15.2 Å². The number of hydrogen-bond acceptors (Lipinski definition) is 4. The van der Waals surface area contributed by atoms with Gasteiger partial charge in [-0.2, -0.15) is 0 Å². The minimum Gasteiger partial charge on any atom is -0.493 e. The molecule has 24 heavy (non-hydrogen) atoms. The molecule has 0 aliphatic carbocycles. The molecule has 2 rings (SSSR count). The quantitative estimate of drug-likeness (QED) is 0.855. The monoisotopic (exact) mass is 376 g/mol. The number of nitrogens with two attached hydrogens (primary N) is 1. The lowest BCUT2D eigenvalue weighted by Crippen LogP contribution is -2.45. The Morgan fingerprint density at radius 2 is 2.21 bits per heavy atom. The molecule has 1 aliphatic heterocycles. The van der Waals surface area contributed by atoms with E-state index in [9.17, 15) is 4.79 Å². The van der Waals surface area contributed by atoms with Crippen LogP contribution in [0.1, 0.15) is 37.0 Å². The summed E-state index contributed by atoms with van der Waals surface area (Å²) in [7, 11) is 1.54. The number of piperidine rings is 1. The Morgan fingerprint density at radius 3 is 2.79 bits per heavy atom. The van der Waals surface area contributed by atoms with Crippen molar-refractivity contribution >= 4 is 29.9 Å². The lowest BCUT2D eigenvalue weighted by molar-refractivity contribution is 0.0660. The largest absolute Gasteiger partial charge is 0.493 e. The zero-order valence-electron chi connectivity index (χ0n) is 14.4. The van der Waals surface area contributed by atoms with Gasteiger partial charge in [0.15, 0.2) is 11.5 Å². The number of halogens is 2. The third-order valence-electron chi connectivity index (χ3n) is 4.25. The second-order valence-electron chi connectivity index (χ2n) is 5.94. The molecule has 5 nitrogen and oxygen atoms in total. The third kappa shape index (κ3) is 4.68. The van der Waals surface area contributed by atoms with Crippen molar-refractivity contribution < 1.29 is 14.3 Å². The topological polar surface area (TPSA) is 64.8 Å². The van der Waals surface area contributed by atoms with Crippen LogP contribution in [0.25, 0.3) is 0 Å². The van der Waals surface area contributed by atoms with Crippen molar-refractivity contribution in [2.45, 2.75) is 32.7 Å². The molecule has 0 spiro atoms. The van der Waals surface area contributed by atoms with Gasteiger partial charge in [-0.25, -0.2) is 0 Å². The average Bonchev–Trinajstić information content (AvgIpc) is 2.56. The van der Waals surface area contributed by atoms with Gasteiger partial charge in [-0.05, 0) is 44.7 Å². The number of likely N-dealkylation sites (tertiary alicyclic amines) is 1. The molecule has 0 saturated carbocycles. The van der Waals surface area contributed by atoms with Crippen LogP contribution in [-0.2, 0) is 0 Å². The smallest absolute Gasteiger partial charge is 0.254 e. The Hall–Kier alpha value is -1.17. The van der Waals surface area contributed by atoms with Gasteiger partial charge in [-0.3, -0.25) is 4.79 Å². The zero-order valence-corrected chi connectivity index (χ0v) is 16.0. The minimum absolute atomic E-state index is 0. The summed E-state index contributed by atoms with van der Waals surface area (Å²) >= 11 is 6.26. The molecule has 1 fully saturated rings. The Morgan fingerprint density at radius 1 is 1.50 bits per heavy atom. The molecule has 0 radical (unpaired) electrons. The van der Waals surface area contributed by atoms with Crippen LogP contribution in [0, 0.1) is 5.92 Å². The first-order valence-electron chi connectivity index (χ1n) is 8.03. The van der Waals surface area contributed by atoms with E-state index in [4.69, 9.17) is 26.8 Å². The van der Waals surface area contributed by atoms with E-state index < -0.39 is 0 Å². The maximum absolute atomic E-state index is 12.8. The van der Waals surface area contributed by atoms with Gasteiger partial charge < -0.3 is 20.1 Å². The van der Waals surface area contributed by atoms with E-state index in [2.05, 4.69) is 0 Å². The van der Waals surface area contributed by atoms with Gasteiger partial charge in [0.1, 0.15) is 0 Å². The highest BCUT2D eigenvalue weighted by atomic mass is 35.5. The maximum atomic E-state index is 12.8. The number of methoxy groups -OCH3 is 1. The molecule has 1 heterocycles. The van der Waals surface area contributed by atoms with Crippen LogP contribution in [0.15, 0.2) is 12.1 Å². The molecule has 1 saturated heterocycles. The van der Waals surface area contributed by atoms with Crippen molar-refractivity contribution in [3.8, 4) is 11.5 Å². The fraction of sp³-hybridized carbons (Fsp3) is 0.588. The molecule has 2 atom stereocenters. The number of amides is 1. The molecule has 1 aromatic carbocycles. The Labute approximate surface area is 154 Å². The van der Waals surface area contributed by atoms with Gasteiger partial charge in [0.2, 0.25) is 0 Å². The molecule has 2 N–H and O–H groups in total. The molecule has 0 bridgehead atoms. The van der Waals surface area contributed by atoms with E-state index in [1.807, 2.05) is 18.7 Å². The van der Waals surface area contributed by atoms with Gasteiger partial charge in [-0.15, -0.1) is 12.4 Å². The van der Waals surface area contributed by atoms with Crippen LogP contribution in [0.5, 0.6) is 11.5 Å². The first kappa shape index (κ1) is 20.9. The summed E-state index contributed by atoms with van der Waals surface area (Å²) in [5.74, 6) is 1.25. The molecule has 1 aromatic rings. The van der Waals surface area contributed by atoms with Crippen molar-refractivity contribution in [2.24, 2.45) is 11.7 Å². The van der Waals surface area contributed by atoms with E-state index in [-0.39, 0.29) is 24.4 Å². The fourth-order valence-electron chi connectivity index (χ4n) is 2.93. The zero-order chi connectivity index (χ0) is 17.0. The van der Waals surface area contributed by atoms with Crippen LogP contribution in [0.3, 0.4) is 0 Å². The number of benzene rings is 1. The summed E-state index contributed by atoms with van der Waals surface area (Å²) < 4.78 is 10.8. The highest BCUT2D eigenvalue weighted by Gasteiger charge is 2.27. The van der Waals surface area contributed by atoms with Gasteiger partial charge in [-0.1, -0.05) is 11.6 Å². The highest BCUT2D eigenvalue weighted by Crippen LogP contribution is 2.37. The summed E-state index contributed by atoms with van der Waals surface area (Å²) in [6.45, 7) is 5.77. The van der Waals surface area contributed by atoms with Crippen molar-refractivity contribution in [3.63, 3.8) is 0 Å². The van der Waals surface area contributed by atoms with Gasteiger partial charge >= 0.3 is 0 Å². The predicted molar refractivity (Wildman–Crippen MR) is 98.7 cm³/mol. The minimum atomic E-state index is -0.0430. The van der Waals surface area contributed by atoms with Crippen LogP contribution in [0.4, 0.5) is 0 Å². The lowest BCUT2D eigenvalue weighted by atomic mass is 9.92. The summed E-state index contributed by atoms with van der Waals surface area (Å²) in [5, 5.41) is 0.385. The Kier molecular flexibility index (Phi) is 8.13. The Balaban J connectivity index is 0.00000288. The van der Waals surface area contributed by atoms with Crippen molar-refractivity contribution in [1.82, 2.24) is 4.90 Å². The van der Waals surface area contributed by atoms with Crippen LogP contribution in [0.2, 0.25) is 5.02 Å². The summed E-state index contributed by atoms with van der Waals surface area (Å²) in [6, 6.07) is 3.42. The second kappa shape index (κ2) is 9.35. The van der Waals surface area contributed by atoms with Crippen molar-refractivity contribution in [1.29, 1.82) is 0 Å². The van der Waals surface area contributed by atoms with E-state index in [0.717, 1.165) is 19.4 Å². The second-order valence-corrected chi connectivity index (χ2v) is 6.34. The van der Waals surface area contributed by atoms with Gasteiger partial charge in [0, 0.05) is 24.7 Å². The maximum Gasteiger partial charge on any atom is 0.254 e. The SMILES string of the molecule is CCOc1c(Cl)cc(C(=O)N2CCCC(C(C)N)C2)cc1OC.Cl. The van der Waals surface area contributed by atoms with E-state index in [1.165, 1.54) is 7.11 Å². The first-order chi connectivity index (χ1) is 11.0. The first-order valence-corrected chi connectivity index (χ1v) is 8.40. The third-order valence-corrected chi connectivity index (χ3v) is 4.53. The average molecular weight is 377 g/mol. The van der Waals surface area contributed by atoms with E-state index in [0.29, 0.717) is 41.2 Å². The van der Waals surface area contributed by atoms with Crippen molar-refractivity contribution in [3.05, 3.63) is 22.7 Å². The van der Waals surface area contributed by atoms with Crippen LogP contribution >= 0.6 is 24.0 Å². The molecule has 7 heteroatoms. The molecular formula is C17H26Cl2N2O3. The molecule has 1 amide bonds. The normalized spacial score (nSPS) is 18.5. The number of carbonyl (C=O) groups excluding carboxylic acids is 1. The van der Waals surface area contributed by atoms with Gasteiger partial charge in [0.25, 0.3) is 5.91 Å². The summed E-state index contributed by atoms with van der Waals surface area (Å²) in [4.78, 5) is 14.6. The highest BCUT2D eigenvalue weighted by molar-refractivity contribution is 6.32. The number of carbonyl (C=O) groups is 1. The van der Waals surface area contributed by atoms with Crippen LogP contribution in [-0.4, -0.2) is 43.7 Å². The standard InChI is InChI=1S/C17H25ClN2O3.ClH/c1-4-23-16-14(18)8-13(9-15(16)22-3)17(21)20-7-5-6-12(10-20)11(2)19;/h8-9,11-12H,4-7,10,19H2,1-3H3;1H. The molecule has 0 aromatic heterocycles. The predicted octanol–water partition coefficient (Wildman–Crippen LogP) is 3.37. The fourth-order valence-corrected chi connectivity index (χ4v) is 3.20. The summed E-state index contributed by atoms with van der Waals surface area (Å²) in [6.07, 6.45) is 2.04. The number of rotatable bonds is 5. The lowest BCUT2D eigenvalue weighted by Gasteiger charge is -2.34.